The Kier molecular flexibility index (Phi) is 3.33. The number of rotatable bonds is 3. The van der Waals surface area contributed by atoms with Crippen molar-refractivity contribution in [2.24, 2.45) is 0 Å². The van der Waals surface area contributed by atoms with Gasteiger partial charge in [-0.1, -0.05) is 22.0 Å². The number of hydrogen-bond acceptors (Lipinski definition) is 2. The molecule has 0 fully saturated rings. The number of benzene rings is 1. The Morgan fingerprint density at radius 2 is 2.19 bits per heavy atom. The van der Waals surface area contributed by atoms with Gasteiger partial charge in [0.2, 0.25) is 0 Å². The highest BCUT2D eigenvalue weighted by atomic mass is 79.9. The van der Waals surface area contributed by atoms with Crippen molar-refractivity contribution in [3.05, 3.63) is 34.4 Å². The summed E-state index contributed by atoms with van der Waals surface area (Å²) in [7, 11) is 0. The predicted octanol–water partition coefficient (Wildman–Crippen LogP) is 2.45. The zero-order valence-corrected chi connectivity index (χ0v) is 10.6. The molecule has 0 aliphatic rings. The van der Waals surface area contributed by atoms with Crippen LogP contribution in [0.5, 0.6) is 0 Å². The Balaban J connectivity index is 2.66. The quantitative estimate of drug-likeness (QED) is 0.909. The van der Waals surface area contributed by atoms with Gasteiger partial charge in [0, 0.05) is 33.7 Å². The summed E-state index contributed by atoms with van der Waals surface area (Å²) in [5.41, 5.74) is 1.93. The van der Waals surface area contributed by atoms with E-state index in [0.29, 0.717) is 6.54 Å². The van der Waals surface area contributed by atoms with Gasteiger partial charge in [0.25, 0.3) is 0 Å². The number of aliphatic hydroxyl groups excluding tert-OH is 2. The number of hydrogen-bond donors (Lipinski definition) is 2. The Morgan fingerprint density at radius 3 is 2.81 bits per heavy atom. The number of nitrogens with zero attached hydrogens (tertiary/aromatic N) is 1. The van der Waals surface area contributed by atoms with E-state index in [4.69, 9.17) is 5.11 Å². The van der Waals surface area contributed by atoms with E-state index in [1.54, 1.807) is 6.92 Å². The van der Waals surface area contributed by atoms with E-state index in [2.05, 4.69) is 15.9 Å². The highest BCUT2D eigenvalue weighted by Gasteiger charge is 2.12. The Hall–Kier alpha value is -0.840. The van der Waals surface area contributed by atoms with Gasteiger partial charge in [0.05, 0.1) is 12.7 Å². The molecule has 1 atom stereocenters. The van der Waals surface area contributed by atoms with Gasteiger partial charge < -0.3 is 14.8 Å². The molecule has 0 saturated heterocycles. The lowest BCUT2D eigenvalue weighted by Gasteiger charge is -2.02. The highest BCUT2D eigenvalue weighted by Crippen LogP contribution is 2.28. The maximum Gasteiger partial charge on any atom is 0.0782 e. The first-order valence-electron chi connectivity index (χ1n) is 5.20. The molecular formula is C12H14BrNO2. The van der Waals surface area contributed by atoms with Crippen LogP contribution in [-0.4, -0.2) is 21.4 Å². The summed E-state index contributed by atoms with van der Waals surface area (Å²) in [6.45, 7) is 2.38. The molecule has 2 aromatic rings. The van der Waals surface area contributed by atoms with Crippen LogP contribution < -0.4 is 0 Å². The van der Waals surface area contributed by atoms with Crippen LogP contribution in [0.3, 0.4) is 0 Å². The van der Waals surface area contributed by atoms with Gasteiger partial charge >= 0.3 is 0 Å². The van der Waals surface area contributed by atoms with Crippen molar-refractivity contribution in [1.29, 1.82) is 0 Å². The lowest BCUT2D eigenvalue weighted by atomic mass is 10.1. The second-order valence-corrected chi connectivity index (χ2v) is 4.75. The van der Waals surface area contributed by atoms with Crippen LogP contribution in [0, 0.1) is 0 Å². The number of aromatic nitrogens is 1. The van der Waals surface area contributed by atoms with E-state index in [-0.39, 0.29) is 6.61 Å². The monoisotopic (exact) mass is 283 g/mol. The molecule has 3 nitrogen and oxygen atoms in total. The molecule has 1 heterocycles. The standard InChI is InChI=1S/C12H14BrNO2/c1-8(16)11-7-14(4-5-15)12-6-9(13)2-3-10(11)12/h2-3,6-8,15-16H,4-5H2,1H3. The van der Waals surface area contributed by atoms with Crippen molar-refractivity contribution >= 4 is 26.8 Å². The maximum absolute atomic E-state index is 9.69. The van der Waals surface area contributed by atoms with E-state index in [1.807, 2.05) is 29.0 Å². The Labute approximate surface area is 102 Å². The van der Waals surface area contributed by atoms with Crippen LogP contribution in [-0.2, 0) is 6.54 Å². The third kappa shape index (κ3) is 2.00. The van der Waals surface area contributed by atoms with E-state index >= 15 is 0 Å². The molecule has 86 valence electrons. The van der Waals surface area contributed by atoms with Crippen molar-refractivity contribution < 1.29 is 10.2 Å². The van der Waals surface area contributed by atoms with Crippen LogP contribution in [0.15, 0.2) is 28.9 Å². The van der Waals surface area contributed by atoms with E-state index in [9.17, 15) is 5.11 Å². The van der Waals surface area contributed by atoms with Crippen LogP contribution >= 0.6 is 15.9 Å². The summed E-state index contributed by atoms with van der Waals surface area (Å²) in [5, 5.41) is 19.7. The molecule has 16 heavy (non-hydrogen) atoms. The third-order valence-electron chi connectivity index (χ3n) is 2.67. The second kappa shape index (κ2) is 4.57. The lowest BCUT2D eigenvalue weighted by molar-refractivity contribution is 0.200. The van der Waals surface area contributed by atoms with Crippen LogP contribution in [0.4, 0.5) is 0 Å². The summed E-state index contributed by atoms with van der Waals surface area (Å²) in [6, 6.07) is 5.93. The summed E-state index contributed by atoms with van der Waals surface area (Å²) < 4.78 is 2.96. The van der Waals surface area contributed by atoms with E-state index < -0.39 is 6.10 Å². The molecule has 0 aliphatic carbocycles. The third-order valence-corrected chi connectivity index (χ3v) is 3.16. The molecule has 0 bridgehead atoms. The molecule has 0 aliphatic heterocycles. The fraction of sp³-hybridized carbons (Fsp3) is 0.333. The van der Waals surface area contributed by atoms with Crippen LogP contribution in [0.25, 0.3) is 10.9 Å². The van der Waals surface area contributed by atoms with Crippen molar-refractivity contribution in [3.8, 4) is 0 Å². The zero-order valence-electron chi connectivity index (χ0n) is 9.02. The minimum Gasteiger partial charge on any atom is -0.395 e. The van der Waals surface area contributed by atoms with Gasteiger partial charge in [-0.15, -0.1) is 0 Å². The molecule has 1 aromatic heterocycles. The zero-order chi connectivity index (χ0) is 11.7. The number of halogens is 1. The lowest BCUT2D eigenvalue weighted by Crippen LogP contribution is -2.00. The molecule has 0 spiro atoms. The summed E-state index contributed by atoms with van der Waals surface area (Å²) in [4.78, 5) is 0. The molecule has 0 amide bonds. The Bertz CT molecular complexity index is 505. The fourth-order valence-electron chi connectivity index (χ4n) is 1.92. The second-order valence-electron chi connectivity index (χ2n) is 3.84. The average molecular weight is 284 g/mol. The SMILES string of the molecule is CC(O)c1cn(CCO)c2cc(Br)ccc12. The van der Waals surface area contributed by atoms with Crippen molar-refractivity contribution in [2.45, 2.75) is 19.6 Å². The molecule has 2 N–H and O–H groups in total. The topological polar surface area (TPSA) is 45.4 Å². The fourth-order valence-corrected chi connectivity index (χ4v) is 2.27. The smallest absolute Gasteiger partial charge is 0.0782 e. The summed E-state index contributed by atoms with van der Waals surface area (Å²) in [5.74, 6) is 0. The first-order valence-corrected chi connectivity index (χ1v) is 6.00. The normalized spacial score (nSPS) is 13.2. The predicted molar refractivity (Wildman–Crippen MR) is 67.4 cm³/mol. The highest BCUT2D eigenvalue weighted by molar-refractivity contribution is 9.10. The average Bonchev–Trinajstić information content (AvgIpc) is 2.58. The Morgan fingerprint density at radius 1 is 1.44 bits per heavy atom. The summed E-state index contributed by atoms with van der Waals surface area (Å²) in [6.07, 6.45) is 1.40. The maximum atomic E-state index is 9.69. The van der Waals surface area contributed by atoms with Crippen molar-refractivity contribution in [2.75, 3.05) is 6.61 Å². The molecule has 2 rings (SSSR count). The van der Waals surface area contributed by atoms with Gasteiger partial charge in [-0.25, -0.2) is 0 Å². The van der Waals surface area contributed by atoms with E-state index in [1.165, 1.54) is 0 Å². The molecule has 0 saturated carbocycles. The molecule has 4 heteroatoms. The molecular weight excluding hydrogens is 270 g/mol. The minimum absolute atomic E-state index is 0.0928. The van der Waals surface area contributed by atoms with Crippen LogP contribution in [0.1, 0.15) is 18.6 Å². The van der Waals surface area contributed by atoms with E-state index in [0.717, 1.165) is 20.9 Å². The van der Waals surface area contributed by atoms with Gasteiger partial charge in [-0.05, 0) is 19.1 Å². The number of fused-ring (bicyclic) bond motifs is 1. The van der Waals surface area contributed by atoms with Gasteiger partial charge in [-0.2, -0.15) is 0 Å². The molecule has 1 aromatic carbocycles. The first-order chi connectivity index (χ1) is 7.63. The van der Waals surface area contributed by atoms with Gasteiger partial charge in [0.1, 0.15) is 0 Å². The largest absolute Gasteiger partial charge is 0.395 e. The van der Waals surface area contributed by atoms with Gasteiger partial charge in [0.15, 0.2) is 0 Å². The summed E-state index contributed by atoms with van der Waals surface area (Å²) >= 11 is 3.43. The van der Waals surface area contributed by atoms with Gasteiger partial charge in [-0.3, -0.25) is 0 Å². The molecule has 1 unspecified atom stereocenters. The van der Waals surface area contributed by atoms with Crippen molar-refractivity contribution in [1.82, 2.24) is 4.57 Å². The first kappa shape index (κ1) is 11.6. The number of aliphatic hydroxyl groups is 2. The molecule has 0 radical (unpaired) electrons. The minimum atomic E-state index is -0.497. The van der Waals surface area contributed by atoms with Crippen molar-refractivity contribution in [3.63, 3.8) is 0 Å². The van der Waals surface area contributed by atoms with Crippen LogP contribution in [0.2, 0.25) is 0 Å².